The lowest BCUT2D eigenvalue weighted by Crippen LogP contribution is -2.57. The molecule has 0 spiro atoms. The van der Waals surface area contributed by atoms with Gasteiger partial charge in [0.2, 0.25) is 0 Å². The number of halogens is 1. The number of likely N-dealkylation sites (N-methyl/N-ethyl adjacent to an activating group) is 1. The van der Waals surface area contributed by atoms with Gasteiger partial charge in [0, 0.05) is 50.8 Å². The highest BCUT2D eigenvalue weighted by atomic mass is 127. The third-order valence-corrected chi connectivity index (χ3v) is 5.84. The molecule has 0 atom stereocenters. The first-order valence-corrected chi connectivity index (χ1v) is 10.0. The summed E-state index contributed by atoms with van der Waals surface area (Å²) in [6.07, 6.45) is 4.19. The summed E-state index contributed by atoms with van der Waals surface area (Å²) >= 11 is 1.77. The number of aliphatic imine (C=N–C) groups is 1. The number of hydrogen-bond donors (Lipinski definition) is 1. The van der Waals surface area contributed by atoms with Crippen LogP contribution in [0.4, 0.5) is 0 Å². The van der Waals surface area contributed by atoms with Gasteiger partial charge in [0.05, 0.1) is 0 Å². The number of guanidine groups is 1. The minimum absolute atomic E-state index is 0. The van der Waals surface area contributed by atoms with E-state index in [9.17, 15) is 0 Å². The topological polar surface area (TPSA) is 40.1 Å². The van der Waals surface area contributed by atoms with E-state index in [1.54, 1.807) is 11.8 Å². The lowest BCUT2D eigenvalue weighted by atomic mass is 9.88. The van der Waals surface area contributed by atoms with Crippen LogP contribution in [-0.2, 0) is 11.3 Å². The van der Waals surface area contributed by atoms with Gasteiger partial charge in [0.25, 0.3) is 0 Å². The summed E-state index contributed by atoms with van der Waals surface area (Å²) < 4.78 is 5.56. The van der Waals surface area contributed by atoms with E-state index >= 15 is 0 Å². The third-order valence-electron chi connectivity index (χ3n) is 5.10. The van der Waals surface area contributed by atoms with Gasteiger partial charge in [0.15, 0.2) is 5.96 Å². The van der Waals surface area contributed by atoms with Crippen LogP contribution in [0.5, 0.6) is 0 Å². The van der Waals surface area contributed by atoms with Crippen LogP contribution in [0.25, 0.3) is 0 Å². The lowest BCUT2D eigenvalue weighted by Gasteiger charge is -2.43. The number of nitrogens with zero attached hydrogens (tertiary/aromatic N) is 3. The zero-order valence-electron chi connectivity index (χ0n) is 16.6. The zero-order chi connectivity index (χ0) is 18.3. The molecule has 0 amide bonds. The maximum absolute atomic E-state index is 5.56. The molecule has 0 radical (unpaired) electrons. The van der Waals surface area contributed by atoms with Crippen molar-refractivity contribution in [3.63, 3.8) is 0 Å². The van der Waals surface area contributed by atoms with E-state index < -0.39 is 0 Å². The Bertz CT molecular complexity index is 559. The average molecular weight is 492 g/mol. The van der Waals surface area contributed by atoms with Gasteiger partial charge < -0.3 is 19.9 Å². The van der Waals surface area contributed by atoms with E-state index in [1.165, 1.54) is 10.5 Å². The maximum Gasteiger partial charge on any atom is 0.193 e. The Hall–Kier alpha value is -0.510. The van der Waals surface area contributed by atoms with Gasteiger partial charge in [-0.3, -0.25) is 4.99 Å². The number of nitrogens with one attached hydrogen (secondary N) is 1. The molecule has 1 aliphatic heterocycles. The van der Waals surface area contributed by atoms with Crippen molar-refractivity contribution in [2.24, 2.45) is 4.99 Å². The average Bonchev–Trinajstić information content (AvgIpc) is 2.63. The van der Waals surface area contributed by atoms with Crippen molar-refractivity contribution in [1.29, 1.82) is 0 Å². The normalized spacial score (nSPS) is 16.9. The monoisotopic (exact) mass is 492 g/mol. The molecule has 26 heavy (non-hydrogen) atoms. The smallest absolute Gasteiger partial charge is 0.193 e. The SMILES string of the molecule is CN=C(NCC1(N(C)C)CCOCC1)N(C)Cc1ccc(SC)cc1.I. The summed E-state index contributed by atoms with van der Waals surface area (Å²) in [5.41, 5.74) is 1.42. The molecule has 1 fully saturated rings. The number of rotatable bonds is 6. The van der Waals surface area contributed by atoms with Crippen LogP contribution < -0.4 is 5.32 Å². The number of thioether (sulfide) groups is 1. The largest absolute Gasteiger partial charge is 0.381 e. The second kappa shape index (κ2) is 11.4. The van der Waals surface area contributed by atoms with Crippen molar-refractivity contribution in [1.82, 2.24) is 15.1 Å². The van der Waals surface area contributed by atoms with E-state index in [4.69, 9.17) is 4.74 Å². The van der Waals surface area contributed by atoms with Crippen LogP contribution in [0.15, 0.2) is 34.2 Å². The van der Waals surface area contributed by atoms with E-state index in [0.29, 0.717) is 0 Å². The Balaban J connectivity index is 0.00000338. The van der Waals surface area contributed by atoms with Gasteiger partial charge in [-0.05, 0) is 50.9 Å². The summed E-state index contributed by atoms with van der Waals surface area (Å²) in [7, 11) is 8.26. The van der Waals surface area contributed by atoms with Crippen molar-refractivity contribution >= 4 is 41.7 Å². The van der Waals surface area contributed by atoms with Crippen LogP contribution in [-0.4, -0.2) is 75.5 Å². The molecule has 148 valence electrons. The van der Waals surface area contributed by atoms with Gasteiger partial charge in [0.1, 0.15) is 0 Å². The molecule has 1 aliphatic rings. The summed E-state index contributed by atoms with van der Waals surface area (Å²) in [4.78, 5) is 10.3. The molecular formula is C19H33IN4OS. The fourth-order valence-corrected chi connectivity index (χ4v) is 3.65. The molecule has 0 unspecified atom stereocenters. The predicted molar refractivity (Wildman–Crippen MR) is 123 cm³/mol. The third kappa shape index (κ3) is 6.28. The Morgan fingerprint density at radius 2 is 1.81 bits per heavy atom. The molecular weight excluding hydrogens is 459 g/mol. The molecule has 1 heterocycles. The molecule has 5 nitrogen and oxygen atoms in total. The minimum atomic E-state index is 0. The molecule has 1 aromatic rings. The molecule has 1 saturated heterocycles. The van der Waals surface area contributed by atoms with E-state index in [-0.39, 0.29) is 29.5 Å². The van der Waals surface area contributed by atoms with Crippen molar-refractivity contribution in [3.05, 3.63) is 29.8 Å². The van der Waals surface area contributed by atoms with Crippen molar-refractivity contribution < 1.29 is 4.74 Å². The van der Waals surface area contributed by atoms with E-state index in [0.717, 1.165) is 45.1 Å². The van der Waals surface area contributed by atoms with Gasteiger partial charge in [-0.25, -0.2) is 0 Å². The van der Waals surface area contributed by atoms with E-state index in [1.807, 2.05) is 7.05 Å². The fourth-order valence-electron chi connectivity index (χ4n) is 3.24. The highest BCUT2D eigenvalue weighted by Gasteiger charge is 2.35. The van der Waals surface area contributed by atoms with E-state index in [2.05, 4.69) is 71.8 Å². The number of benzene rings is 1. The first-order valence-electron chi connectivity index (χ1n) is 8.80. The fraction of sp³-hybridized carbons (Fsp3) is 0.632. The van der Waals surface area contributed by atoms with Crippen LogP contribution in [0, 0.1) is 0 Å². The predicted octanol–water partition coefficient (Wildman–Crippen LogP) is 3.14. The Morgan fingerprint density at radius 3 is 2.31 bits per heavy atom. The molecule has 0 aromatic heterocycles. The second-order valence-electron chi connectivity index (χ2n) is 6.84. The quantitative estimate of drug-likeness (QED) is 0.286. The molecule has 7 heteroatoms. The summed E-state index contributed by atoms with van der Waals surface area (Å²) in [6.45, 7) is 3.38. The number of ether oxygens (including phenoxy) is 1. The first kappa shape index (κ1) is 23.5. The van der Waals surface area contributed by atoms with Gasteiger partial charge in [-0.15, -0.1) is 35.7 Å². The standard InChI is InChI=1S/C19H32N4OS.HI/c1-20-18(21-15-19(22(2)3)10-12-24-13-11-19)23(4)14-16-6-8-17(25-5)9-7-16;/h6-9H,10-15H2,1-5H3,(H,20,21);1H. The minimum Gasteiger partial charge on any atom is -0.381 e. The van der Waals surface area contributed by atoms with Gasteiger partial charge >= 0.3 is 0 Å². The Morgan fingerprint density at radius 1 is 1.19 bits per heavy atom. The van der Waals surface area contributed by atoms with Crippen LogP contribution in [0.3, 0.4) is 0 Å². The van der Waals surface area contributed by atoms with Gasteiger partial charge in [-0.1, -0.05) is 12.1 Å². The van der Waals surface area contributed by atoms with Crippen molar-refractivity contribution in [2.75, 3.05) is 54.2 Å². The second-order valence-corrected chi connectivity index (χ2v) is 7.72. The highest BCUT2D eigenvalue weighted by Crippen LogP contribution is 2.25. The summed E-state index contributed by atoms with van der Waals surface area (Å²) in [6, 6.07) is 8.73. The summed E-state index contributed by atoms with van der Waals surface area (Å²) in [5, 5.41) is 3.58. The first-order chi connectivity index (χ1) is 12.0. The molecule has 2 rings (SSSR count). The van der Waals surface area contributed by atoms with Crippen LogP contribution in [0.2, 0.25) is 0 Å². The highest BCUT2D eigenvalue weighted by molar-refractivity contribution is 14.0. The lowest BCUT2D eigenvalue weighted by molar-refractivity contribution is -0.00522. The maximum atomic E-state index is 5.56. The summed E-state index contributed by atoms with van der Waals surface area (Å²) in [5.74, 6) is 0.932. The van der Waals surface area contributed by atoms with Crippen molar-refractivity contribution in [2.45, 2.75) is 29.8 Å². The van der Waals surface area contributed by atoms with Gasteiger partial charge in [-0.2, -0.15) is 0 Å². The molecule has 1 N–H and O–H groups in total. The Kier molecular flexibility index (Phi) is 10.3. The Labute approximate surface area is 180 Å². The van der Waals surface area contributed by atoms with Crippen LogP contribution >= 0.6 is 35.7 Å². The molecule has 0 aliphatic carbocycles. The molecule has 0 saturated carbocycles. The number of hydrogen-bond acceptors (Lipinski definition) is 4. The van der Waals surface area contributed by atoms with Crippen LogP contribution in [0.1, 0.15) is 18.4 Å². The molecule has 1 aromatic carbocycles. The zero-order valence-corrected chi connectivity index (χ0v) is 19.8. The molecule has 0 bridgehead atoms. The van der Waals surface area contributed by atoms with Crippen molar-refractivity contribution in [3.8, 4) is 0 Å².